The van der Waals surface area contributed by atoms with Crippen LogP contribution >= 0.6 is 0 Å². The predicted molar refractivity (Wildman–Crippen MR) is 76.1 cm³/mol. The van der Waals surface area contributed by atoms with Crippen LogP contribution < -0.4 is 5.32 Å². The summed E-state index contributed by atoms with van der Waals surface area (Å²) in [4.78, 5) is 12.2. The Morgan fingerprint density at radius 3 is 3.00 bits per heavy atom. The first-order valence-electron chi connectivity index (χ1n) is 6.70. The van der Waals surface area contributed by atoms with E-state index in [0.717, 1.165) is 16.8 Å². The molecule has 4 heteroatoms. The number of nitrogens with one attached hydrogen (secondary N) is 1. The van der Waals surface area contributed by atoms with Crippen LogP contribution in [0, 0.1) is 0 Å². The van der Waals surface area contributed by atoms with Crippen LogP contribution in [0.3, 0.4) is 0 Å². The first kappa shape index (κ1) is 13.1. The molecule has 104 valence electrons. The number of fused-ring (bicyclic) bond motifs is 2. The SMILES string of the molecule is COCCNC1=CC(=O)C2OC3C=CC=CC3=CC2=C1. The van der Waals surface area contributed by atoms with Gasteiger partial charge < -0.3 is 14.8 Å². The summed E-state index contributed by atoms with van der Waals surface area (Å²) < 4.78 is 10.8. The number of allylic oxidation sites excluding steroid dienone is 3. The molecule has 0 amide bonds. The van der Waals surface area contributed by atoms with Crippen LogP contribution in [0.5, 0.6) is 0 Å². The van der Waals surface area contributed by atoms with Gasteiger partial charge in [-0.15, -0.1) is 0 Å². The second-order valence-electron chi connectivity index (χ2n) is 4.89. The van der Waals surface area contributed by atoms with E-state index in [1.165, 1.54) is 0 Å². The minimum absolute atomic E-state index is 0.0133. The zero-order valence-electron chi connectivity index (χ0n) is 11.3. The fourth-order valence-corrected chi connectivity index (χ4v) is 2.48. The fraction of sp³-hybridized carbons (Fsp3) is 0.312. The van der Waals surface area contributed by atoms with E-state index in [9.17, 15) is 4.79 Å². The van der Waals surface area contributed by atoms with Gasteiger partial charge in [0.1, 0.15) is 12.2 Å². The van der Waals surface area contributed by atoms with Gasteiger partial charge in [0.05, 0.1) is 6.61 Å². The van der Waals surface area contributed by atoms with E-state index in [1.807, 2.05) is 36.5 Å². The van der Waals surface area contributed by atoms with Crippen molar-refractivity contribution in [2.24, 2.45) is 0 Å². The largest absolute Gasteiger partial charge is 0.383 e. The van der Waals surface area contributed by atoms with Crippen LogP contribution in [0.2, 0.25) is 0 Å². The van der Waals surface area contributed by atoms with Gasteiger partial charge >= 0.3 is 0 Å². The molecule has 3 rings (SSSR count). The molecule has 2 aliphatic carbocycles. The van der Waals surface area contributed by atoms with E-state index >= 15 is 0 Å². The van der Waals surface area contributed by atoms with Crippen LogP contribution in [0.25, 0.3) is 0 Å². The fourth-order valence-electron chi connectivity index (χ4n) is 2.48. The molecule has 0 saturated carbocycles. The Hall–Kier alpha value is -1.91. The number of ether oxygens (including phenoxy) is 2. The molecule has 0 aromatic carbocycles. The Labute approximate surface area is 118 Å². The highest BCUT2D eigenvalue weighted by Gasteiger charge is 2.32. The van der Waals surface area contributed by atoms with Gasteiger partial charge in [-0.05, 0) is 23.3 Å². The van der Waals surface area contributed by atoms with Crippen molar-refractivity contribution < 1.29 is 14.3 Å². The average molecular weight is 271 g/mol. The molecule has 1 N–H and O–H groups in total. The molecule has 4 nitrogen and oxygen atoms in total. The van der Waals surface area contributed by atoms with Crippen molar-refractivity contribution in [3.63, 3.8) is 0 Å². The highest BCUT2D eigenvalue weighted by Crippen LogP contribution is 2.30. The van der Waals surface area contributed by atoms with E-state index in [1.54, 1.807) is 13.2 Å². The number of rotatable bonds is 4. The number of ketones is 1. The number of hydrogen-bond donors (Lipinski definition) is 1. The molecule has 0 spiro atoms. The van der Waals surface area contributed by atoms with E-state index in [4.69, 9.17) is 9.47 Å². The lowest BCUT2D eigenvalue weighted by Gasteiger charge is -2.31. The average Bonchev–Trinajstić information content (AvgIpc) is 2.46. The second kappa shape index (κ2) is 5.61. The maximum absolute atomic E-state index is 12.2. The Morgan fingerprint density at radius 2 is 2.15 bits per heavy atom. The van der Waals surface area contributed by atoms with Crippen molar-refractivity contribution in [2.75, 3.05) is 20.3 Å². The minimum atomic E-state index is -0.479. The summed E-state index contributed by atoms with van der Waals surface area (Å²) in [5, 5.41) is 3.18. The molecule has 0 aromatic heterocycles. The summed E-state index contributed by atoms with van der Waals surface area (Å²) in [5.41, 5.74) is 2.80. The van der Waals surface area contributed by atoms with E-state index in [0.29, 0.717) is 13.2 Å². The summed E-state index contributed by atoms with van der Waals surface area (Å²) >= 11 is 0. The van der Waals surface area contributed by atoms with E-state index < -0.39 is 6.10 Å². The second-order valence-corrected chi connectivity index (χ2v) is 4.89. The molecule has 20 heavy (non-hydrogen) atoms. The van der Waals surface area contributed by atoms with Crippen molar-refractivity contribution in [2.45, 2.75) is 12.2 Å². The third-order valence-corrected chi connectivity index (χ3v) is 3.45. The summed E-state index contributed by atoms with van der Waals surface area (Å²) in [7, 11) is 1.65. The van der Waals surface area contributed by atoms with E-state index in [-0.39, 0.29) is 11.9 Å². The molecule has 0 bridgehead atoms. The first-order chi connectivity index (χ1) is 9.78. The normalized spacial score (nSPS) is 27.2. The van der Waals surface area contributed by atoms with Crippen LogP contribution in [-0.4, -0.2) is 38.3 Å². The quantitative estimate of drug-likeness (QED) is 0.786. The number of carbonyl (C=O) groups excluding carboxylic acids is 1. The Kier molecular flexibility index (Phi) is 3.67. The summed E-state index contributed by atoms with van der Waals surface area (Å²) in [6.45, 7) is 1.28. The first-order valence-corrected chi connectivity index (χ1v) is 6.70. The van der Waals surface area contributed by atoms with E-state index in [2.05, 4.69) is 5.32 Å². The van der Waals surface area contributed by atoms with Crippen molar-refractivity contribution in [3.8, 4) is 0 Å². The molecule has 0 radical (unpaired) electrons. The van der Waals surface area contributed by atoms with Crippen molar-refractivity contribution in [3.05, 3.63) is 59.4 Å². The summed E-state index contributed by atoms with van der Waals surface area (Å²) in [6.07, 6.45) is 12.9. The van der Waals surface area contributed by atoms with Crippen LogP contribution in [0.4, 0.5) is 0 Å². The molecular formula is C16H17NO3. The smallest absolute Gasteiger partial charge is 0.191 e. The summed E-state index contributed by atoms with van der Waals surface area (Å²) in [5.74, 6) is -0.0133. The molecule has 2 unspecified atom stereocenters. The number of hydrogen-bond acceptors (Lipinski definition) is 4. The lowest BCUT2D eigenvalue weighted by molar-refractivity contribution is -0.124. The third kappa shape index (κ3) is 2.53. The monoisotopic (exact) mass is 271 g/mol. The zero-order valence-corrected chi connectivity index (χ0v) is 11.3. The molecule has 0 fully saturated rings. The minimum Gasteiger partial charge on any atom is -0.383 e. The summed E-state index contributed by atoms with van der Waals surface area (Å²) in [6, 6.07) is 0. The lowest BCUT2D eigenvalue weighted by atomic mass is 9.90. The highest BCUT2D eigenvalue weighted by atomic mass is 16.5. The molecule has 3 aliphatic rings. The standard InChI is InChI=1S/C16H17NO3/c1-19-7-6-17-13-9-12-8-11-4-2-3-5-15(11)20-16(12)14(18)10-13/h2-5,8-10,15-17H,6-7H2,1H3. The molecule has 0 saturated heterocycles. The lowest BCUT2D eigenvalue weighted by Crippen LogP contribution is -2.37. The van der Waals surface area contributed by atoms with Gasteiger partial charge in [0.25, 0.3) is 0 Å². The van der Waals surface area contributed by atoms with Gasteiger partial charge in [0, 0.05) is 25.4 Å². The molecule has 1 heterocycles. The Balaban J connectivity index is 1.81. The third-order valence-electron chi connectivity index (χ3n) is 3.45. The molecule has 1 aliphatic heterocycles. The topological polar surface area (TPSA) is 47.6 Å². The van der Waals surface area contributed by atoms with Crippen molar-refractivity contribution in [1.82, 2.24) is 5.32 Å². The van der Waals surface area contributed by atoms with Gasteiger partial charge in [-0.2, -0.15) is 0 Å². The molecular weight excluding hydrogens is 254 g/mol. The number of methoxy groups -OCH3 is 1. The van der Waals surface area contributed by atoms with Crippen molar-refractivity contribution >= 4 is 5.78 Å². The Morgan fingerprint density at radius 1 is 1.25 bits per heavy atom. The van der Waals surface area contributed by atoms with Gasteiger partial charge in [-0.3, -0.25) is 4.79 Å². The van der Waals surface area contributed by atoms with Crippen LogP contribution in [0.15, 0.2) is 59.4 Å². The molecule has 2 atom stereocenters. The van der Waals surface area contributed by atoms with Gasteiger partial charge in [-0.1, -0.05) is 24.3 Å². The van der Waals surface area contributed by atoms with Gasteiger partial charge in [0.15, 0.2) is 5.78 Å². The van der Waals surface area contributed by atoms with Gasteiger partial charge in [-0.25, -0.2) is 0 Å². The Bertz CT molecular complexity index is 566. The molecule has 0 aromatic rings. The number of carbonyl (C=O) groups is 1. The zero-order chi connectivity index (χ0) is 13.9. The van der Waals surface area contributed by atoms with Crippen LogP contribution in [-0.2, 0) is 14.3 Å². The predicted octanol–water partition coefficient (Wildman–Crippen LogP) is 1.44. The van der Waals surface area contributed by atoms with Crippen LogP contribution in [0.1, 0.15) is 0 Å². The van der Waals surface area contributed by atoms with Crippen molar-refractivity contribution in [1.29, 1.82) is 0 Å². The van der Waals surface area contributed by atoms with Gasteiger partial charge in [0.2, 0.25) is 0 Å². The maximum Gasteiger partial charge on any atom is 0.191 e. The maximum atomic E-state index is 12.2. The highest BCUT2D eigenvalue weighted by molar-refractivity contribution is 5.99.